The molecule has 0 radical (unpaired) electrons. The fraction of sp³-hybridized carbons (Fsp3) is 0.500. The van der Waals surface area contributed by atoms with E-state index in [1.54, 1.807) is 6.07 Å². The van der Waals surface area contributed by atoms with Gasteiger partial charge in [-0.1, -0.05) is 13.0 Å². The van der Waals surface area contributed by atoms with Gasteiger partial charge in [0.1, 0.15) is 5.75 Å². The number of phenolic OH excluding ortho intramolecular Hbond substituents is 1. The predicted octanol–water partition coefficient (Wildman–Crippen LogP) is 2.50. The number of carbonyl (C=O) groups is 1. The largest absolute Gasteiger partial charge is 0.507 e. The van der Waals surface area contributed by atoms with Gasteiger partial charge >= 0.3 is 0 Å². The van der Waals surface area contributed by atoms with Crippen LogP contribution in [0.15, 0.2) is 22.7 Å². The number of hydrogen-bond donors (Lipinski definition) is 2. The number of carbonyl (C=O) groups excluding carboxylic acids is 1. The average molecular weight is 329 g/mol. The van der Waals surface area contributed by atoms with Crippen molar-refractivity contribution in [3.63, 3.8) is 0 Å². The first-order valence-electron chi connectivity index (χ1n) is 6.41. The van der Waals surface area contributed by atoms with Crippen LogP contribution in [-0.2, 0) is 11.3 Å². The molecule has 0 saturated carbocycles. The highest BCUT2D eigenvalue weighted by atomic mass is 79.9. The molecule has 0 heterocycles. The molecule has 1 rings (SSSR count). The number of phenols is 1. The van der Waals surface area contributed by atoms with E-state index in [4.69, 9.17) is 0 Å². The Balaban J connectivity index is 2.61. The summed E-state index contributed by atoms with van der Waals surface area (Å²) in [6.07, 6.45) is 0. The quantitative estimate of drug-likeness (QED) is 0.843. The van der Waals surface area contributed by atoms with Gasteiger partial charge in [0.05, 0.1) is 11.0 Å². The van der Waals surface area contributed by atoms with Crippen LogP contribution in [-0.4, -0.2) is 35.0 Å². The lowest BCUT2D eigenvalue weighted by atomic mass is 10.2. The Bertz CT molecular complexity index is 435. The van der Waals surface area contributed by atoms with E-state index in [9.17, 15) is 9.90 Å². The van der Waals surface area contributed by atoms with E-state index in [2.05, 4.69) is 26.1 Å². The van der Waals surface area contributed by atoms with E-state index < -0.39 is 0 Å². The summed E-state index contributed by atoms with van der Waals surface area (Å²) in [7, 11) is 0. The van der Waals surface area contributed by atoms with Crippen molar-refractivity contribution in [1.29, 1.82) is 0 Å². The second-order valence-corrected chi connectivity index (χ2v) is 5.67. The van der Waals surface area contributed by atoms with Crippen LogP contribution in [0.3, 0.4) is 0 Å². The van der Waals surface area contributed by atoms with E-state index in [0.29, 0.717) is 17.6 Å². The van der Waals surface area contributed by atoms with Crippen molar-refractivity contribution in [3.8, 4) is 5.75 Å². The number of amides is 1. The van der Waals surface area contributed by atoms with Gasteiger partial charge in [-0.3, -0.25) is 9.69 Å². The highest BCUT2D eigenvalue weighted by molar-refractivity contribution is 9.10. The molecule has 0 spiro atoms. The fourth-order valence-corrected chi connectivity index (χ4v) is 2.18. The van der Waals surface area contributed by atoms with Crippen LogP contribution in [0.1, 0.15) is 26.3 Å². The third-order valence-corrected chi connectivity index (χ3v) is 3.32. The molecule has 0 saturated heterocycles. The maximum Gasteiger partial charge on any atom is 0.234 e. The number of likely N-dealkylation sites (N-methyl/N-ethyl adjacent to an activating group) is 1. The molecule has 5 heteroatoms. The van der Waals surface area contributed by atoms with E-state index in [1.807, 2.05) is 32.9 Å². The van der Waals surface area contributed by atoms with E-state index >= 15 is 0 Å². The minimum Gasteiger partial charge on any atom is -0.507 e. The Hall–Kier alpha value is -1.07. The topological polar surface area (TPSA) is 52.6 Å². The lowest BCUT2D eigenvalue weighted by Gasteiger charge is -2.21. The van der Waals surface area contributed by atoms with Gasteiger partial charge in [-0.2, -0.15) is 0 Å². The van der Waals surface area contributed by atoms with Gasteiger partial charge in [-0.25, -0.2) is 0 Å². The molecular weight excluding hydrogens is 308 g/mol. The molecule has 0 aliphatic carbocycles. The average Bonchev–Trinajstić information content (AvgIpc) is 2.32. The molecule has 4 nitrogen and oxygen atoms in total. The first kappa shape index (κ1) is 16.0. The third kappa shape index (κ3) is 5.61. The molecule has 0 atom stereocenters. The van der Waals surface area contributed by atoms with Crippen molar-refractivity contribution in [2.24, 2.45) is 0 Å². The van der Waals surface area contributed by atoms with Gasteiger partial charge in [0.25, 0.3) is 0 Å². The highest BCUT2D eigenvalue weighted by Crippen LogP contribution is 2.24. The van der Waals surface area contributed by atoms with Crippen LogP contribution >= 0.6 is 15.9 Å². The lowest BCUT2D eigenvalue weighted by molar-refractivity contribution is -0.122. The summed E-state index contributed by atoms with van der Waals surface area (Å²) < 4.78 is 0.674. The standard InChI is InChI=1S/C14H21BrN2O2/c1-4-17(9-14(19)16-10(2)3)8-11-5-6-13(18)12(15)7-11/h5-7,10,18H,4,8-9H2,1-3H3,(H,16,19). The number of benzene rings is 1. The number of halogens is 1. The SMILES string of the molecule is CCN(CC(=O)NC(C)C)Cc1ccc(O)c(Br)c1. The second kappa shape index (κ2) is 7.50. The lowest BCUT2D eigenvalue weighted by Crippen LogP contribution is -2.39. The Morgan fingerprint density at radius 3 is 2.68 bits per heavy atom. The first-order chi connectivity index (χ1) is 8.92. The zero-order valence-corrected chi connectivity index (χ0v) is 13.2. The summed E-state index contributed by atoms with van der Waals surface area (Å²) in [5.41, 5.74) is 1.06. The molecule has 0 aliphatic rings. The van der Waals surface area contributed by atoms with Crippen molar-refractivity contribution in [3.05, 3.63) is 28.2 Å². The number of aromatic hydroxyl groups is 1. The summed E-state index contributed by atoms with van der Waals surface area (Å²) in [5, 5.41) is 12.3. The number of hydrogen-bond acceptors (Lipinski definition) is 3. The van der Waals surface area contributed by atoms with Gasteiger partial charge in [0, 0.05) is 12.6 Å². The van der Waals surface area contributed by atoms with Gasteiger partial charge in [0.15, 0.2) is 0 Å². The Kier molecular flexibility index (Phi) is 6.31. The maximum atomic E-state index is 11.7. The molecule has 0 fully saturated rings. The molecule has 0 bridgehead atoms. The fourth-order valence-electron chi connectivity index (χ4n) is 1.76. The van der Waals surface area contributed by atoms with Gasteiger partial charge in [0.2, 0.25) is 5.91 Å². The van der Waals surface area contributed by atoms with Crippen LogP contribution < -0.4 is 5.32 Å². The summed E-state index contributed by atoms with van der Waals surface area (Å²) in [6, 6.07) is 5.55. The minimum atomic E-state index is 0.0368. The number of nitrogens with zero attached hydrogens (tertiary/aromatic N) is 1. The Labute approximate surface area is 122 Å². The Morgan fingerprint density at radius 1 is 1.47 bits per heavy atom. The molecular formula is C14H21BrN2O2. The van der Waals surface area contributed by atoms with Gasteiger partial charge in [-0.05, 0) is 54.0 Å². The van der Waals surface area contributed by atoms with Crippen LogP contribution in [0.4, 0.5) is 0 Å². The molecule has 0 aliphatic heterocycles. The monoisotopic (exact) mass is 328 g/mol. The summed E-state index contributed by atoms with van der Waals surface area (Å²) >= 11 is 3.29. The third-order valence-electron chi connectivity index (χ3n) is 2.68. The normalized spacial score (nSPS) is 11.1. The Morgan fingerprint density at radius 2 is 2.16 bits per heavy atom. The first-order valence-corrected chi connectivity index (χ1v) is 7.20. The van der Waals surface area contributed by atoms with Crippen molar-refractivity contribution in [2.75, 3.05) is 13.1 Å². The minimum absolute atomic E-state index is 0.0368. The molecule has 19 heavy (non-hydrogen) atoms. The maximum absolute atomic E-state index is 11.7. The molecule has 0 aromatic heterocycles. The van der Waals surface area contributed by atoms with Crippen molar-refractivity contribution in [2.45, 2.75) is 33.4 Å². The van der Waals surface area contributed by atoms with Crippen LogP contribution in [0.2, 0.25) is 0 Å². The second-order valence-electron chi connectivity index (χ2n) is 4.81. The molecule has 1 amide bonds. The van der Waals surface area contributed by atoms with E-state index in [-0.39, 0.29) is 17.7 Å². The highest BCUT2D eigenvalue weighted by Gasteiger charge is 2.11. The smallest absolute Gasteiger partial charge is 0.234 e. The van der Waals surface area contributed by atoms with E-state index in [0.717, 1.165) is 12.1 Å². The summed E-state index contributed by atoms with van der Waals surface area (Å²) in [4.78, 5) is 13.8. The predicted molar refractivity (Wildman–Crippen MR) is 80.0 cm³/mol. The van der Waals surface area contributed by atoms with Gasteiger partial charge < -0.3 is 10.4 Å². The van der Waals surface area contributed by atoms with E-state index in [1.165, 1.54) is 0 Å². The molecule has 1 aromatic rings. The molecule has 106 valence electrons. The molecule has 1 aromatic carbocycles. The molecule has 2 N–H and O–H groups in total. The van der Waals surface area contributed by atoms with Crippen molar-refractivity contribution >= 4 is 21.8 Å². The zero-order valence-electron chi connectivity index (χ0n) is 11.6. The zero-order chi connectivity index (χ0) is 14.4. The summed E-state index contributed by atoms with van der Waals surface area (Å²) in [6.45, 7) is 7.78. The number of nitrogens with one attached hydrogen (secondary N) is 1. The van der Waals surface area contributed by atoms with Crippen LogP contribution in [0, 0.1) is 0 Å². The van der Waals surface area contributed by atoms with Crippen LogP contribution in [0.5, 0.6) is 5.75 Å². The number of rotatable bonds is 6. The molecule has 0 unspecified atom stereocenters. The van der Waals surface area contributed by atoms with Crippen molar-refractivity contribution < 1.29 is 9.90 Å². The summed E-state index contributed by atoms with van der Waals surface area (Å²) in [5.74, 6) is 0.263. The van der Waals surface area contributed by atoms with Crippen molar-refractivity contribution in [1.82, 2.24) is 10.2 Å². The van der Waals surface area contributed by atoms with Gasteiger partial charge in [-0.15, -0.1) is 0 Å². The van der Waals surface area contributed by atoms with Crippen LogP contribution in [0.25, 0.3) is 0 Å².